The molecule has 7 nitrogen and oxygen atoms in total. The largest absolute Gasteiger partial charge is 0.493 e. The highest BCUT2D eigenvalue weighted by molar-refractivity contribution is 6.28. The second-order valence-corrected chi connectivity index (χ2v) is 5.27. The van der Waals surface area contributed by atoms with Gasteiger partial charge < -0.3 is 18.9 Å². The summed E-state index contributed by atoms with van der Waals surface area (Å²) in [5, 5.41) is 0.0225. The number of nitrogens with zero attached hydrogens (tertiary/aromatic N) is 2. The molecule has 0 atom stereocenters. The maximum atomic E-state index is 12.4. The molecule has 2 rings (SSSR count). The van der Waals surface area contributed by atoms with Crippen LogP contribution < -0.4 is 14.2 Å². The maximum Gasteiger partial charge on any atom is 0.342 e. The molecule has 0 fully saturated rings. The average molecular weight is 367 g/mol. The number of aromatic nitrogens is 2. The Balaban J connectivity index is 2.75. The third-order valence-electron chi connectivity index (χ3n) is 3.48. The van der Waals surface area contributed by atoms with Crippen molar-refractivity contribution in [1.82, 2.24) is 9.97 Å². The third-order valence-corrected chi connectivity index (χ3v) is 3.65. The number of benzene rings is 1. The number of rotatable bonds is 6. The lowest BCUT2D eigenvalue weighted by Gasteiger charge is -2.16. The van der Waals surface area contributed by atoms with E-state index in [-0.39, 0.29) is 17.5 Å². The summed E-state index contributed by atoms with van der Waals surface area (Å²) in [7, 11) is 4.52. The third kappa shape index (κ3) is 3.76. The van der Waals surface area contributed by atoms with Gasteiger partial charge in [0.15, 0.2) is 11.5 Å². The molecule has 0 saturated heterocycles. The van der Waals surface area contributed by atoms with Crippen LogP contribution in [0, 0.1) is 6.92 Å². The van der Waals surface area contributed by atoms with E-state index in [9.17, 15) is 4.79 Å². The first-order valence-electron chi connectivity index (χ1n) is 7.48. The standard InChI is InChI=1S/C17H19ClN2O5/c1-6-25-16(21)13-9(2)19-17(18)20-14(13)10-7-11(22-3)15(24-5)12(8-10)23-4/h7-8H,6H2,1-5H3. The van der Waals surface area contributed by atoms with Crippen LogP contribution in [0.5, 0.6) is 17.2 Å². The van der Waals surface area contributed by atoms with E-state index in [2.05, 4.69) is 9.97 Å². The molecule has 0 aliphatic heterocycles. The lowest BCUT2D eigenvalue weighted by atomic mass is 10.0. The van der Waals surface area contributed by atoms with Gasteiger partial charge in [-0.2, -0.15) is 0 Å². The van der Waals surface area contributed by atoms with Crippen molar-refractivity contribution in [2.45, 2.75) is 13.8 Å². The number of hydrogen-bond donors (Lipinski definition) is 0. The molecule has 0 amide bonds. The molecule has 134 valence electrons. The fourth-order valence-electron chi connectivity index (χ4n) is 2.41. The van der Waals surface area contributed by atoms with Crippen LogP contribution in [0.25, 0.3) is 11.3 Å². The van der Waals surface area contributed by atoms with Crippen LogP contribution in [-0.2, 0) is 4.74 Å². The Morgan fingerprint density at radius 1 is 1.08 bits per heavy atom. The van der Waals surface area contributed by atoms with Crippen molar-refractivity contribution in [3.05, 3.63) is 28.7 Å². The molecule has 0 saturated carbocycles. The summed E-state index contributed by atoms with van der Waals surface area (Å²) >= 11 is 6.00. The van der Waals surface area contributed by atoms with Crippen molar-refractivity contribution in [3.8, 4) is 28.5 Å². The molecule has 0 spiro atoms. The predicted octanol–water partition coefficient (Wildman–Crippen LogP) is 3.31. The molecule has 1 heterocycles. The lowest BCUT2D eigenvalue weighted by Crippen LogP contribution is -2.12. The Morgan fingerprint density at radius 3 is 2.16 bits per heavy atom. The summed E-state index contributed by atoms with van der Waals surface area (Å²) in [4.78, 5) is 20.6. The van der Waals surface area contributed by atoms with Crippen molar-refractivity contribution in [3.63, 3.8) is 0 Å². The second kappa shape index (κ2) is 8.02. The Morgan fingerprint density at radius 2 is 1.68 bits per heavy atom. The molecule has 1 aromatic heterocycles. The van der Waals surface area contributed by atoms with Gasteiger partial charge in [-0.05, 0) is 37.6 Å². The van der Waals surface area contributed by atoms with Gasteiger partial charge in [-0.15, -0.1) is 0 Å². The molecule has 0 unspecified atom stereocenters. The molecule has 0 aliphatic rings. The van der Waals surface area contributed by atoms with Crippen molar-refractivity contribution >= 4 is 17.6 Å². The highest BCUT2D eigenvalue weighted by Gasteiger charge is 2.23. The van der Waals surface area contributed by atoms with Gasteiger partial charge in [-0.1, -0.05) is 0 Å². The number of ether oxygens (including phenoxy) is 4. The fourth-order valence-corrected chi connectivity index (χ4v) is 2.62. The van der Waals surface area contributed by atoms with Crippen LogP contribution in [0.2, 0.25) is 5.28 Å². The zero-order valence-electron chi connectivity index (χ0n) is 14.7. The van der Waals surface area contributed by atoms with Crippen LogP contribution in [0.3, 0.4) is 0 Å². The minimum atomic E-state index is -0.527. The number of esters is 1. The Labute approximate surface area is 150 Å². The van der Waals surface area contributed by atoms with E-state index in [0.717, 1.165) is 0 Å². The van der Waals surface area contributed by atoms with Crippen LogP contribution in [0.15, 0.2) is 12.1 Å². The van der Waals surface area contributed by atoms with E-state index in [0.29, 0.717) is 34.2 Å². The first kappa shape index (κ1) is 18.8. The summed E-state index contributed by atoms with van der Waals surface area (Å²) in [6, 6.07) is 3.37. The van der Waals surface area contributed by atoms with Gasteiger partial charge in [0.2, 0.25) is 11.0 Å². The first-order valence-corrected chi connectivity index (χ1v) is 7.86. The number of aryl methyl sites for hydroxylation is 1. The van der Waals surface area contributed by atoms with Gasteiger partial charge in [0.1, 0.15) is 5.56 Å². The fraction of sp³-hybridized carbons (Fsp3) is 0.353. The predicted molar refractivity (Wildman–Crippen MR) is 92.8 cm³/mol. The van der Waals surface area contributed by atoms with Crippen molar-refractivity contribution in [2.24, 2.45) is 0 Å². The van der Waals surface area contributed by atoms with Gasteiger partial charge in [-0.3, -0.25) is 0 Å². The van der Waals surface area contributed by atoms with Crippen molar-refractivity contribution in [2.75, 3.05) is 27.9 Å². The quantitative estimate of drug-likeness (QED) is 0.573. The lowest BCUT2D eigenvalue weighted by molar-refractivity contribution is 0.0525. The SMILES string of the molecule is CCOC(=O)c1c(C)nc(Cl)nc1-c1cc(OC)c(OC)c(OC)c1. The zero-order chi connectivity index (χ0) is 18.6. The molecular formula is C17H19ClN2O5. The molecule has 0 aliphatic carbocycles. The van der Waals surface area contributed by atoms with Gasteiger partial charge in [0.05, 0.1) is 39.3 Å². The number of halogens is 1. The monoisotopic (exact) mass is 366 g/mol. The van der Waals surface area contributed by atoms with Gasteiger partial charge >= 0.3 is 5.97 Å². The van der Waals surface area contributed by atoms with Gasteiger partial charge in [0, 0.05) is 5.56 Å². The molecular weight excluding hydrogens is 348 g/mol. The van der Waals surface area contributed by atoms with E-state index < -0.39 is 5.97 Å². The van der Waals surface area contributed by atoms with E-state index in [1.165, 1.54) is 21.3 Å². The zero-order valence-corrected chi connectivity index (χ0v) is 15.4. The van der Waals surface area contributed by atoms with Crippen molar-refractivity contribution < 1.29 is 23.7 Å². The Hall–Kier alpha value is -2.54. The molecule has 0 bridgehead atoms. The smallest absolute Gasteiger partial charge is 0.342 e. The number of carbonyl (C=O) groups is 1. The summed E-state index contributed by atoms with van der Waals surface area (Å²) in [5.74, 6) is 0.766. The molecule has 8 heteroatoms. The minimum Gasteiger partial charge on any atom is -0.493 e. The molecule has 1 aromatic carbocycles. The van der Waals surface area contributed by atoms with E-state index in [1.54, 1.807) is 26.0 Å². The summed E-state index contributed by atoms with van der Waals surface area (Å²) in [6.45, 7) is 3.63. The Bertz CT molecular complexity index is 770. The maximum absolute atomic E-state index is 12.4. The highest BCUT2D eigenvalue weighted by atomic mass is 35.5. The van der Waals surface area contributed by atoms with Gasteiger partial charge in [-0.25, -0.2) is 14.8 Å². The average Bonchev–Trinajstić information content (AvgIpc) is 2.59. The van der Waals surface area contributed by atoms with Crippen LogP contribution in [-0.4, -0.2) is 43.9 Å². The number of hydrogen-bond acceptors (Lipinski definition) is 7. The van der Waals surface area contributed by atoms with E-state index >= 15 is 0 Å². The van der Waals surface area contributed by atoms with Crippen LogP contribution >= 0.6 is 11.6 Å². The van der Waals surface area contributed by atoms with Crippen LogP contribution in [0.1, 0.15) is 23.0 Å². The topological polar surface area (TPSA) is 79.8 Å². The van der Waals surface area contributed by atoms with E-state index in [1.807, 2.05) is 0 Å². The van der Waals surface area contributed by atoms with E-state index in [4.69, 9.17) is 30.5 Å². The number of carbonyl (C=O) groups excluding carboxylic acids is 1. The van der Waals surface area contributed by atoms with Gasteiger partial charge in [0.25, 0.3) is 0 Å². The molecule has 0 N–H and O–H groups in total. The van der Waals surface area contributed by atoms with Crippen LogP contribution in [0.4, 0.5) is 0 Å². The molecule has 2 aromatic rings. The number of methoxy groups -OCH3 is 3. The minimum absolute atomic E-state index is 0.0225. The highest BCUT2D eigenvalue weighted by Crippen LogP contribution is 2.41. The second-order valence-electron chi connectivity index (χ2n) is 4.94. The van der Waals surface area contributed by atoms with Crippen molar-refractivity contribution in [1.29, 1.82) is 0 Å². The summed E-state index contributed by atoms with van der Waals surface area (Å²) in [5.41, 5.74) is 1.54. The summed E-state index contributed by atoms with van der Waals surface area (Å²) < 4.78 is 21.1. The molecule has 0 radical (unpaired) electrons. The first-order chi connectivity index (χ1) is 12.0. The molecule has 25 heavy (non-hydrogen) atoms. The Kier molecular flexibility index (Phi) is 6.03. The normalized spacial score (nSPS) is 10.3. The summed E-state index contributed by atoms with van der Waals surface area (Å²) in [6.07, 6.45) is 0.